The third kappa shape index (κ3) is 4.29. The van der Waals surface area contributed by atoms with Gasteiger partial charge in [-0.05, 0) is 51.5 Å². The Bertz CT molecular complexity index is 413. The van der Waals surface area contributed by atoms with Crippen LogP contribution < -0.4 is 5.32 Å². The van der Waals surface area contributed by atoms with Gasteiger partial charge in [0.15, 0.2) is 0 Å². The minimum Gasteiger partial charge on any atom is -0.313 e. The Morgan fingerprint density at radius 3 is 2.76 bits per heavy atom. The normalized spacial score (nSPS) is 23.9. The van der Waals surface area contributed by atoms with E-state index in [0.29, 0.717) is 12.1 Å². The predicted molar refractivity (Wildman–Crippen MR) is 87.3 cm³/mol. The van der Waals surface area contributed by atoms with Crippen LogP contribution in [0.1, 0.15) is 71.7 Å². The van der Waals surface area contributed by atoms with Crippen molar-refractivity contribution in [3.05, 3.63) is 12.2 Å². The van der Waals surface area contributed by atoms with Gasteiger partial charge in [-0.15, -0.1) is 0 Å². The number of nitrogens with one attached hydrogen (secondary N) is 1. The number of aromatic nitrogens is 3. The topological polar surface area (TPSA) is 42.7 Å². The SMILES string of the molecule is CCCNC(Cc1ncnn1C(C)C)C1CCC(CC)C1. The molecule has 0 radical (unpaired) electrons. The molecule has 0 spiro atoms. The molecule has 21 heavy (non-hydrogen) atoms. The molecule has 0 aromatic carbocycles. The van der Waals surface area contributed by atoms with Crippen molar-refractivity contribution in [1.29, 1.82) is 0 Å². The van der Waals surface area contributed by atoms with E-state index in [2.05, 4.69) is 47.8 Å². The highest BCUT2D eigenvalue weighted by Crippen LogP contribution is 2.35. The summed E-state index contributed by atoms with van der Waals surface area (Å²) < 4.78 is 2.08. The molecule has 1 heterocycles. The lowest BCUT2D eigenvalue weighted by Crippen LogP contribution is -2.38. The van der Waals surface area contributed by atoms with E-state index in [1.807, 2.05) is 0 Å². The van der Waals surface area contributed by atoms with Crippen LogP contribution >= 0.6 is 0 Å². The highest BCUT2D eigenvalue weighted by atomic mass is 15.3. The zero-order valence-corrected chi connectivity index (χ0v) is 14.2. The number of hydrogen-bond donors (Lipinski definition) is 1. The van der Waals surface area contributed by atoms with Crippen molar-refractivity contribution in [2.45, 2.75) is 78.3 Å². The second-order valence-electron chi connectivity index (χ2n) is 6.83. The lowest BCUT2D eigenvalue weighted by atomic mass is 9.93. The summed E-state index contributed by atoms with van der Waals surface area (Å²) in [5.41, 5.74) is 0. The van der Waals surface area contributed by atoms with E-state index in [0.717, 1.165) is 30.6 Å². The first kappa shape index (κ1) is 16.5. The smallest absolute Gasteiger partial charge is 0.138 e. The van der Waals surface area contributed by atoms with Crippen molar-refractivity contribution in [3.8, 4) is 0 Å². The van der Waals surface area contributed by atoms with Crippen molar-refractivity contribution >= 4 is 0 Å². The quantitative estimate of drug-likeness (QED) is 0.796. The van der Waals surface area contributed by atoms with E-state index in [9.17, 15) is 0 Å². The molecule has 4 heteroatoms. The number of nitrogens with zero attached hydrogens (tertiary/aromatic N) is 3. The molecule has 1 fully saturated rings. The average molecular weight is 292 g/mol. The Morgan fingerprint density at radius 1 is 1.33 bits per heavy atom. The Balaban J connectivity index is 2.04. The van der Waals surface area contributed by atoms with Crippen LogP contribution in [0.15, 0.2) is 6.33 Å². The van der Waals surface area contributed by atoms with Crippen LogP contribution in [0.5, 0.6) is 0 Å². The summed E-state index contributed by atoms with van der Waals surface area (Å²) in [6, 6.07) is 0.949. The van der Waals surface area contributed by atoms with Gasteiger partial charge in [-0.2, -0.15) is 5.10 Å². The fraction of sp³-hybridized carbons (Fsp3) is 0.882. The van der Waals surface area contributed by atoms with Gasteiger partial charge in [0.1, 0.15) is 12.2 Å². The zero-order chi connectivity index (χ0) is 15.2. The van der Waals surface area contributed by atoms with Gasteiger partial charge in [0, 0.05) is 18.5 Å². The Hall–Kier alpha value is -0.900. The average Bonchev–Trinajstić information content (AvgIpc) is 3.11. The molecule has 0 bridgehead atoms. The fourth-order valence-electron chi connectivity index (χ4n) is 3.63. The number of rotatable bonds is 8. The molecular formula is C17H32N4. The van der Waals surface area contributed by atoms with E-state index < -0.39 is 0 Å². The van der Waals surface area contributed by atoms with Gasteiger partial charge >= 0.3 is 0 Å². The summed E-state index contributed by atoms with van der Waals surface area (Å²) in [4.78, 5) is 4.51. The Morgan fingerprint density at radius 2 is 2.14 bits per heavy atom. The molecule has 1 aromatic rings. The van der Waals surface area contributed by atoms with Gasteiger partial charge in [0.25, 0.3) is 0 Å². The van der Waals surface area contributed by atoms with Crippen molar-refractivity contribution in [2.24, 2.45) is 11.8 Å². The number of hydrogen-bond acceptors (Lipinski definition) is 3. The van der Waals surface area contributed by atoms with E-state index in [4.69, 9.17) is 0 Å². The van der Waals surface area contributed by atoms with Crippen LogP contribution in [-0.4, -0.2) is 27.4 Å². The van der Waals surface area contributed by atoms with Gasteiger partial charge in [-0.1, -0.05) is 26.7 Å². The molecule has 2 rings (SSSR count). The molecular weight excluding hydrogens is 260 g/mol. The van der Waals surface area contributed by atoms with Crippen LogP contribution in [0.4, 0.5) is 0 Å². The zero-order valence-electron chi connectivity index (χ0n) is 14.2. The predicted octanol–water partition coefficient (Wildman–Crippen LogP) is 3.60. The summed E-state index contributed by atoms with van der Waals surface area (Å²) in [6.07, 6.45) is 9.40. The molecule has 1 aliphatic carbocycles. The van der Waals surface area contributed by atoms with Gasteiger partial charge in [0.05, 0.1) is 0 Å². The summed E-state index contributed by atoms with van der Waals surface area (Å²) in [5, 5.41) is 8.16. The largest absolute Gasteiger partial charge is 0.313 e. The maximum absolute atomic E-state index is 4.51. The van der Waals surface area contributed by atoms with Crippen molar-refractivity contribution in [3.63, 3.8) is 0 Å². The lowest BCUT2D eigenvalue weighted by Gasteiger charge is -2.25. The first-order chi connectivity index (χ1) is 10.2. The molecule has 3 atom stereocenters. The molecule has 0 aliphatic heterocycles. The molecule has 4 nitrogen and oxygen atoms in total. The second-order valence-corrected chi connectivity index (χ2v) is 6.83. The monoisotopic (exact) mass is 292 g/mol. The summed E-state index contributed by atoms with van der Waals surface area (Å²) >= 11 is 0. The van der Waals surface area contributed by atoms with Crippen LogP contribution in [0.25, 0.3) is 0 Å². The molecule has 1 N–H and O–H groups in total. The van der Waals surface area contributed by atoms with Gasteiger partial charge in [0.2, 0.25) is 0 Å². The molecule has 3 unspecified atom stereocenters. The molecule has 1 saturated carbocycles. The standard InChI is InChI=1S/C17H32N4/c1-5-9-18-16(15-8-7-14(6-2)10-15)11-17-19-12-20-21(17)13(3)4/h12-16,18H,5-11H2,1-4H3. The molecule has 1 aromatic heterocycles. The van der Waals surface area contributed by atoms with Crippen LogP contribution in [0, 0.1) is 11.8 Å². The third-order valence-corrected chi connectivity index (χ3v) is 4.92. The summed E-state index contributed by atoms with van der Waals surface area (Å²) in [5.74, 6) is 2.88. The summed E-state index contributed by atoms with van der Waals surface area (Å²) in [7, 11) is 0. The van der Waals surface area contributed by atoms with Crippen molar-refractivity contribution in [1.82, 2.24) is 20.1 Å². The molecule has 0 amide bonds. The van der Waals surface area contributed by atoms with Crippen molar-refractivity contribution < 1.29 is 0 Å². The van der Waals surface area contributed by atoms with Crippen LogP contribution in [0.2, 0.25) is 0 Å². The third-order valence-electron chi connectivity index (χ3n) is 4.92. The minimum absolute atomic E-state index is 0.390. The molecule has 1 aliphatic rings. The van der Waals surface area contributed by atoms with Gasteiger partial charge in [-0.3, -0.25) is 0 Å². The van der Waals surface area contributed by atoms with Gasteiger partial charge < -0.3 is 5.32 Å². The van der Waals surface area contributed by atoms with Crippen LogP contribution in [0.3, 0.4) is 0 Å². The fourth-order valence-corrected chi connectivity index (χ4v) is 3.63. The first-order valence-electron chi connectivity index (χ1n) is 8.77. The molecule has 0 saturated heterocycles. The van der Waals surface area contributed by atoms with Crippen LogP contribution in [-0.2, 0) is 6.42 Å². The van der Waals surface area contributed by atoms with E-state index in [1.54, 1.807) is 6.33 Å². The van der Waals surface area contributed by atoms with Gasteiger partial charge in [-0.25, -0.2) is 9.67 Å². The highest BCUT2D eigenvalue weighted by molar-refractivity contribution is 4.95. The lowest BCUT2D eigenvalue weighted by molar-refractivity contribution is 0.332. The maximum Gasteiger partial charge on any atom is 0.138 e. The molecule has 120 valence electrons. The maximum atomic E-state index is 4.51. The van der Waals surface area contributed by atoms with Crippen molar-refractivity contribution in [2.75, 3.05) is 6.54 Å². The summed E-state index contributed by atoms with van der Waals surface area (Å²) in [6.45, 7) is 10.0. The minimum atomic E-state index is 0.390. The highest BCUT2D eigenvalue weighted by Gasteiger charge is 2.30. The first-order valence-corrected chi connectivity index (χ1v) is 8.77. The Labute approximate surface area is 129 Å². The second kappa shape index (κ2) is 7.92. The van der Waals surface area contributed by atoms with E-state index in [1.165, 1.54) is 32.1 Å². The Kier molecular flexibility index (Phi) is 6.22. The van der Waals surface area contributed by atoms with E-state index in [-0.39, 0.29) is 0 Å². The van der Waals surface area contributed by atoms with E-state index >= 15 is 0 Å².